The number of hydrogen-bond donors (Lipinski definition) is 1. The van der Waals surface area contributed by atoms with E-state index >= 15 is 0 Å². The molecule has 1 N–H and O–H groups in total. The highest BCUT2D eigenvalue weighted by Crippen LogP contribution is 2.25. The fourth-order valence-electron chi connectivity index (χ4n) is 3.65. The second-order valence-corrected chi connectivity index (χ2v) is 8.75. The number of thioether (sulfide) groups is 1. The van der Waals surface area contributed by atoms with Crippen molar-refractivity contribution in [3.05, 3.63) is 58.5 Å². The van der Waals surface area contributed by atoms with Crippen LogP contribution in [0.2, 0.25) is 0 Å². The molecule has 1 aromatic carbocycles. The van der Waals surface area contributed by atoms with E-state index in [4.69, 9.17) is 4.98 Å². The van der Waals surface area contributed by atoms with E-state index in [1.54, 1.807) is 12.1 Å². The van der Waals surface area contributed by atoms with Gasteiger partial charge in [0.15, 0.2) is 5.16 Å². The number of carbonyl (C=O) groups is 1. The van der Waals surface area contributed by atoms with Crippen molar-refractivity contribution < 1.29 is 4.79 Å². The molecule has 2 heterocycles. The maximum atomic E-state index is 13.3. The highest BCUT2D eigenvalue weighted by Gasteiger charge is 2.24. The molecule has 1 amide bonds. The van der Waals surface area contributed by atoms with E-state index < -0.39 is 0 Å². The number of para-hydroxylation sites is 1. The fourth-order valence-corrected chi connectivity index (χ4v) is 4.57. The van der Waals surface area contributed by atoms with Crippen molar-refractivity contribution in [1.82, 2.24) is 19.9 Å². The van der Waals surface area contributed by atoms with Gasteiger partial charge in [0, 0.05) is 11.7 Å². The van der Waals surface area contributed by atoms with Crippen molar-refractivity contribution >= 4 is 28.6 Å². The van der Waals surface area contributed by atoms with Gasteiger partial charge in [-0.25, -0.2) is 14.5 Å². The monoisotopic (exact) mass is 408 g/mol. The number of aromatic nitrogens is 3. The van der Waals surface area contributed by atoms with Crippen LogP contribution in [0.3, 0.4) is 0 Å². The number of rotatable bonds is 5. The summed E-state index contributed by atoms with van der Waals surface area (Å²) in [4.78, 5) is 35.2. The van der Waals surface area contributed by atoms with Crippen molar-refractivity contribution in [2.24, 2.45) is 0 Å². The predicted molar refractivity (Wildman–Crippen MR) is 116 cm³/mol. The molecule has 0 unspecified atom stereocenters. The minimum Gasteiger partial charge on any atom is -0.352 e. The minimum absolute atomic E-state index is 0.0203. The largest absolute Gasteiger partial charge is 0.352 e. The van der Waals surface area contributed by atoms with Crippen molar-refractivity contribution in [2.75, 3.05) is 0 Å². The van der Waals surface area contributed by atoms with Crippen LogP contribution >= 0.6 is 11.8 Å². The standard InChI is InChI=1S/C22H24N4O2S/c1-14-8-7-13-19(23-14)26-21(28)17-11-5-6-12-18(17)25-22(26)29-15(2)20(27)24-16-9-3-4-10-16/h5-8,11-13,15-16H,3-4,9-10H2,1-2H3,(H,24,27)/t15-/m1/s1. The molecule has 150 valence electrons. The normalized spacial score (nSPS) is 15.5. The van der Waals surface area contributed by atoms with Gasteiger partial charge in [0.2, 0.25) is 5.91 Å². The summed E-state index contributed by atoms with van der Waals surface area (Å²) >= 11 is 1.29. The highest BCUT2D eigenvalue weighted by atomic mass is 32.2. The minimum atomic E-state index is -0.375. The van der Waals surface area contributed by atoms with E-state index in [-0.39, 0.29) is 22.8 Å². The second kappa shape index (κ2) is 8.37. The lowest BCUT2D eigenvalue weighted by atomic mass is 10.2. The average molecular weight is 409 g/mol. The summed E-state index contributed by atoms with van der Waals surface area (Å²) in [6.07, 6.45) is 4.40. The molecule has 0 spiro atoms. The third kappa shape index (κ3) is 4.19. The SMILES string of the molecule is Cc1cccc(-n2c(S[C@H](C)C(=O)NC3CCCC3)nc3ccccc3c2=O)n1. The lowest BCUT2D eigenvalue weighted by Gasteiger charge is -2.18. The fraction of sp³-hybridized carbons (Fsp3) is 0.364. The van der Waals surface area contributed by atoms with Gasteiger partial charge in [-0.05, 0) is 51.0 Å². The van der Waals surface area contributed by atoms with Crippen molar-refractivity contribution in [1.29, 1.82) is 0 Å². The van der Waals surface area contributed by atoms with Gasteiger partial charge in [-0.15, -0.1) is 0 Å². The first-order chi connectivity index (χ1) is 14.0. The quantitative estimate of drug-likeness (QED) is 0.515. The van der Waals surface area contributed by atoms with Gasteiger partial charge in [-0.3, -0.25) is 9.59 Å². The zero-order chi connectivity index (χ0) is 20.4. The highest BCUT2D eigenvalue weighted by molar-refractivity contribution is 8.00. The predicted octanol–water partition coefficient (Wildman–Crippen LogP) is 3.63. The van der Waals surface area contributed by atoms with Gasteiger partial charge in [0.05, 0.1) is 16.2 Å². The van der Waals surface area contributed by atoms with Gasteiger partial charge in [0.25, 0.3) is 5.56 Å². The molecule has 0 saturated heterocycles. The average Bonchev–Trinajstić information content (AvgIpc) is 3.21. The lowest BCUT2D eigenvalue weighted by molar-refractivity contribution is -0.120. The molecule has 4 rings (SSSR count). The Morgan fingerprint density at radius 3 is 2.66 bits per heavy atom. The molecule has 1 aliphatic rings. The first kappa shape index (κ1) is 19.6. The summed E-state index contributed by atoms with van der Waals surface area (Å²) in [5.74, 6) is 0.493. The number of pyridine rings is 1. The van der Waals surface area contributed by atoms with Crippen LogP contribution in [0.25, 0.3) is 16.7 Å². The Labute approximate surface area is 173 Å². The summed E-state index contributed by atoms with van der Waals surface area (Å²) in [5, 5.41) is 3.76. The number of fused-ring (bicyclic) bond motifs is 1. The zero-order valence-corrected chi connectivity index (χ0v) is 17.4. The van der Waals surface area contributed by atoms with Gasteiger partial charge in [-0.1, -0.05) is 42.8 Å². The summed E-state index contributed by atoms with van der Waals surface area (Å²) in [6, 6.07) is 13.1. The third-order valence-electron chi connectivity index (χ3n) is 5.20. The Hall–Kier alpha value is -2.67. The van der Waals surface area contributed by atoms with Crippen LogP contribution in [-0.2, 0) is 4.79 Å². The summed E-state index contributed by atoms with van der Waals surface area (Å²) in [5.41, 5.74) is 1.25. The van der Waals surface area contributed by atoms with E-state index in [1.807, 2.05) is 44.2 Å². The van der Waals surface area contributed by atoms with E-state index in [0.29, 0.717) is 21.9 Å². The molecular formula is C22H24N4O2S. The third-order valence-corrected chi connectivity index (χ3v) is 6.25. The Balaban J connectivity index is 1.73. The maximum absolute atomic E-state index is 13.3. The summed E-state index contributed by atoms with van der Waals surface area (Å²) < 4.78 is 1.51. The Morgan fingerprint density at radius 1 is 1.14 bits per heavy atom. The number of nitrogens with one attached hydrogen (secondary N) is 1. The smallest absolute Gasteiger partial charge is 0.267 e. The Bertz CT molecular complexity index is 1110. The number of benzene rings is 1. The molecule has 0 aliphatic heterocycles. The van der Waals surface area contributed by atoms with Crippen LogP contribution in [-0.4, -0.2) is 31.7 Å². The molecule has 0 bridgehead atoms. The summed E-state index contributed by atoms with van der Waals surface area (Å²) in [6.45, 7) is 3.73. The van der Waals surface area contributed by atoms with Crippen molar-refractivity contribution in [3.63, 3.8) is 0 Å². The summed E-state index contributed by atoms with van der Waals surface area (Å²) in [7, 11) is 0. The molecule has 0 radical (unpaired) electrons. The van der Waals surface area contributed by atoms with Crippen molar-refractivity contribution in [3.8, 4) is 5.82 Å². The number of hydrogen-bond acceptors (Lipinski definition) is 5. The van der Waals surface area contributed by atoms with Crippen LogP contribution in [0.15, 0.2) is 52.4 Å². The van der Waals surface area contributed by atoms with Gasteiger partial charge >= 0.3 is 0 Å². The molecule has 1 aliphatic carbocycles. The van der Waals surface area contributed by atoms with Crippen LogP contribution < -0.4 is 10.9 Å². The van der Waals surface area contributed by atoms with Crippen LogP contribution in [0.1, 0.15) is 38.3 Å². The van der Waals surface area contributed by atoms with E-state index in [1.165, 1.54) is 16.3 Å². The Kier molecular flexibility index (Phi) is 5.67. The van der Waals surface area contributed by atoms with Crippen LogP contribution in [0.4, 0.5) is 0 Å². The molecular weight excluding hydrogens is 384 g/mol. The van der Waals surface area contributed by atoms with Gasteiger partial charge in [-0.2, -0.15) is 0 Å². The molecule has 7 heteroatoms. The topological polar surface area (TPSA) is 76.9 Å². The number of nitrogens with zero attached hydrogens (tertiary/aromatic N) is 3. The molecule has 1 atom stereocenters. The molecule has 1 fully saturated rings. The second-order valence-electron chi connectivity index (χ2n) is 7.44. The Morgan fingerprint density at radius 2 is 1.90 bits per heavy atom. The first-order valence-corrected chi connectivity index (χ1v) is 10.8. The maximum Gasteiger partial charge on any atom is 0.267 e. The van der Waals surface area contributed by atoms with E-state index in [2.05, 4.69) is 10.3 Å². The number of aryl methyl sites for hydroxylation is 1. The molecule has 3 aromatic rings. The van der Waals surface area contributed by atoms with Crippen LogP contribution in [0.5, 0.6) is 0 Å². The molecule has 6 nitrogen and oxygen atoms in total. The molecule has 1 saturated carbocycles. The van der Waals surface area contributed by atoms with E-state index in [0.717, 1.165) is 31.4 Å². The number of carbonyl (C=O) groups excluding carboxylic acids is 1. The molecule has 29 heavy (non-hydrogen) atoms. The number of amides is 1. The van der Waals surface area contributed by atoms with E-state index in [9.17, 15) is 9.59 Å². The van der Waals surface area contributed by atoms with Gasteiger partial charge in [0.1, 0.15) is 5.82 Å². The lowest BCUT2D eigenvalue weighted by Crippen LogP contribution is -2.38. The van der Waals surface area contributed by atoms with Gasteiger partial charge < -0.3 is 5.32 Å². The van der Waals surface area contributed by atoms with Crippen LogP contribution in [0, 0.1) is 6.92 Å². The van der Waals surface area contributed by atoms with Crippen molar-refractivity contribution in [2.45, 2.75) is 56.0 Å². The molecule has 2 aromatic heterocycles. The zero-order valence-electron chi connectivity index (χ0n) is 16.6. The first-order valence-electron chi connectivity index (χ1n) is 9.96.